The maximum Gasteiger partial charge on any atom is 0.435 e. The topological polar surface area (TPSA) is 72.3 Å². The second-order valence-corrected chi connectivity index (χ2v) is 11.2. The van der Waals surface area contributed by atoms with E-state index < -0.39 is 39.6 Å². The summed E-state index contributed by atoms with van der Waals surface area (Å²) < 4.78 is 57.4. The van der Waals surface area contributed by atoms with Crippen LogP contribution < -0.4 is 5.32 Å². The summed E-state index contributed by atoms with van der Waals surface area (Å²) in [5.41, 5.74) is -2.74. The Morgan fingerprint density at radius 2 is 1.79 bits per heavy atom. The summed E-state index contributed by atoms with van der Waals surface area (Å²) in [6.45, 7) is 0.692. The molecule has 0 radical (unpaired) electrons. The second-order valence-electron chi connectivity index (χ2n) is 10.4. The number of carbonyl (C=O) groups is 1. The van der Waals surface area contributed by atoms with Gasteiger partial charge in [0.2, 0.25) is 0 Å². The van der Waals surface area contributed by atoms with Gasteiger partial charge in [-0.15, -0.1) is 0 Å². The van der Waals surface area contributed by atoms with Crippen LogP contribution in [0.1, 0.15) is 60.0 Å². The van der Waals surface area contributed by atoms with Crippen molar-refractivity contribution in [2.24, 2.45) is 16.2 Å². The zero-order valence-electron chi connectivity index (χ0n) is 22.3. The molecule has 0 saturated heterocycles. The third-order valence-corrected chi connectivity index (χ3v) is 8.20. The van der Waals surface area contributed by atoms with Crippen LogP contribution in [-0.2, 0) is 15.3 Å². The molecule has 3 aromatic rings. The zero-order chi connectivity index (χ0) is 29.9. The third kappa shape index (κ3) is 6.06. The van der Waals surface area contributed by atoms with Crippen molar-refractivity contribution in [2.75, 3.05) is 13.2 Å². The van der Waals surface area contributed by atoms with Crippen molar-refractivity contribution in [3.8, 4) is 0 Å². The highest BCUT2D eigenvalue weighted by Gasteiger charge is 2.62. The van der Waals surface area contributed by atoms with E-state index in [0.29, 0.717) is 34.4 Å². The molecule has 12 heteroatoms. The van der Waals surface area contributed by atoms with Gasteiger partial charge in [-0.2, -0.15) is 13.2 Å². The molecular weight excluding hydrogens is 597 g/mol. The van der Waals surface area contributed by atoms with Crippen molar-refractivity contribution in [1.29, 1.82) is 0 Å². The molecule has 0 aromatic heterocycles. The van der Waals surface area contributed by atoms with Crippen molar-refractivity contribution < 1.29 is 32.0 Å². The van der Waals surface area contributed by atoms with Gasteiger partial charge < -0.3 is 15.0 Å². The van der Waals surface area contributed by atoms with Crippen LogP contribution in [0.15, 0.2) is 58.8 Å². The summed E-state index contributed by atoms with van der Waals surface area (Å²) in [4.78, 5) is 23.5. The number of rotatable bonds is 8. The Morgan fingerprint density at radius 1 is 1.10 bits per heavy atom. The van der Waals surface area contributed by atoms with E-state index in [1.165, 1.54) is 37.6 Å². The predicted octanol–water partition coefficient (Wildman–Crippen LogP) is 8.18. The molecule has 1 unspecified atom stereocenters. The van der Waals surface area contributed by atoms with Gasteiger partial charge in [0.05, 0.1) is 28.5 Å². The lowest BCUT2D eigenvalue weighted by Crippen LogP contribution is -2.42. The molecule has 222 valence electrons. The van der Waals surface area contributed by atoms with Crippen molar-refractivity contribution in [3.05, 3.63) is 81.1 Å². The van der Waals surface area contributed by atoms with E-state index >= 15 is 0 Å². The maximum atomic E-state index is 14.5. The molecule has 3 aromatic carbocycles. The number of oxime groups is 2. The standard InChI is InChI=1S/C30H27Cl2F4N3O3/c31-24-14-19(15-25(32)27(24)33)29(30(34,35)36)16-26(39-42-29)22-10-11-23(21-9-5-4-8-20(21)22)28(40)37-12-13-38-41-17-18-6-2-1-3-7-18/h4-5,8-11,13-15,18H,1-3,6-7,12,16-17H2,(H,37,40)/b38-13+. The predicted molar refractivity (Wildman–Crippen MR) is 154 cm³/mol. The van der Waals surface area contributed by atoms with Gasteiger partial charge >= 0.3 is 6.18 Å². The molecule has 1 N–H and O–H groups in total. The van der Waals surface area contributed by atoms with Crippen molar-refractivity contribution in [1.82, 2.24) is 5.32 Å². The largest absolute Gasteiger partial charge is 0.435 e. The van der Waals surface area contributed by atoms with Crippen molar-refractivity contribution in [2.45, 2.75) is 50.3 Å². The lowest BCUT2D eigenvalue weighted by Gasteiger charge is -2.29. The molecule has 0 bridgehead atoms. The molecule has 1 heterocycles. The van der Waals surface area contributed by atoms with Gasteiger partial charge in [0, 0.05) is 23.1 Å². The summed E-state index contributed by atoms with van der Waals surface area (Å²) in [7, 11) is 0. The van der Waals surface area contributed by atoms with Crippen LogP contribution >= 0.6 is 23.2 Å². The number of amides is 1. The maximum absolute atomic E-state index is 14.5. The number of hydrogen-bond donors (Lipinski definition) is 1. The van der Waals surface area contributed by atoms with Crippen LogP contribution in [0.3, 0.4) is 0 Å². The van der Waals surface area contributed by atoms with Gasteiger partial charge in [-0.05, 0) is 47.7 Å². The SMILES string of the molecule is O=C(NC/C=N/OCC1CCCCC1)c1ccc(C2=NOC(c3cc(Cl)c(F)c(Cl)c3)(C(F)(F)F)C2)c2ccccc12. The summed E-state index contributed by atoms with van der Waals surface area (Å²) in [5.74, 6) is -0.907. The fraction of sp³-hybridized carbons (Fsp3) is 0.367. The normalized spacial score (nSPS) is 19.6. The van der Waals surface area contributed by atoms with E-state index in [0.717, 1.165) is 25.0 Å². The lowest BCUT2D eigenvalue weighted by atomic mass is 9.85. The van der Waals surface area contributed by atoms with Crippen LogP contribution in [-0.4, -0.2) is 37.2 Å². The van der Waals surface area contributed by atoms with E-state index in [9.17, 15) is 22.4 Å². The average molecular weight is 624 g/mol. The van der Waals surface area contributed by atoms with Crippen LogP contribution in [0.25, 0.3) is 10.8 Å². The van der Waals surface area contributed by atoms with E-state index in [2.05, 4.69) is 15.6 Å². The van der Waals surface area contributed by atoms with Crippen LogP contribution in [0.2, 0.25) is 10.0 Å². The molecule has 5 rings (SSSR count). The lowest BCUT2D eigenvalue weighted by molar-refractivity contribution is -0.275. The summed E-state index contributed by atoms with van der Waals surface area (Å²) in [6, 6.07) is 11.5. The minimum atomic E-state index is -4.94. The minimum Gasteiger partial charge on any atom is -0.396 e. The van der Waals surface area contributed by atoms with E-state index in [1.807, 2.05) is 0 Å². The first-order chi connectivity index (χ1) is 20.1. The highest BCUT2D eigenvalue weighted by atomic mass is 35.5. The summed E-state index contributed by atoms with van der Waals surface area (Å²) >= 11 is 11.6. The average Bonchev–Trinajstić information content (AvgIpc) is 3.44. The van der Waals surface area contributed by atoms with Gasteiger partial charge in [0.25, 0.3) is 11.5 Å². The number of fused-ring (bicyclic) bond motifs is 1. The Morgan fingerprint density at radius 3 is 2.48 bits per heavy atom. The highest BCUT2D eigenvalue weighted by Crippen LogP contribution is 2.50. The zero-order valence-corrected chi connectivity index (χ0v) is 23.8. The van der Waals surface area contributed by atoms with Crippen LogP contribution in [0.4, 0.5) is 17.6 Å². The Labute approximate surface area is 249 Å². The van der Waals surface area contributed by atoms with Gasteiger partial charge in [-0.25, -0.2) is 4.39 Å². The van der Waals surface area contributed by atoms with E-state index in [4.69, 9.17) is 32.9 Å². The summed E-state index contributed by atoms with van der Waals surface area (Å²) in [6.07, 6.45) is 1.77. The number of nitrogens with zero attached hydrogens (tertiary/aromatic N) is 2. The fourth-order valence-electron chi connectivity index (χ4n) is 5.41. The van der Waals surface area contributed by atoms with Crippen LogP contribution in [0.5, 0.6) is 0 Å². The molecule has 1 saturated carbocycles. The third-order valence-electron chi connectivity index (χ3n) is 7.65. The molecule has 1 aliphatic heterocycles. The molecular formula is C30H27Cl2F4N3O3. The highest BCUT2D eigenvalue weighted by molar-refractivity contribution is 6.35. The molecule has 6 nitrogen and oxygen atoms in total. The Balaban J connectivity index is 1.33. The van der Waals surface area contributed by atoms with E-state index in [-0.39, 0.29) is 18.2 Å². The first-order valence-electron chi connectivity index (χ1n) is 13.5. The van der Waals surface area contributed by atoms with E-state index in [1.54, 1.807) is 24.3 Å². The molecule has 1 fully saturated rings. The number of halogens is 6. The van der Waals surface area contributed by atoms with Gasteiger partial charge in [0.15, 0.2) is 5.82 Å². The quantitative estimate of drug-likeness (QED) is 0.119. The van der Waals surface area contributed by atoms with Crippen molar-refractivity contribution in [3.63, 3.8) is 0 Å². The minimum absolute atomic E-state index is 0.00528. The Kier molecular flexibility index (Phi) is 8.94. The molecule has 0 spiro atoms. The first kappa shape index (κ1) is 30.1. The molecule has 1 atom stereocenters. The Bertz CT molecular complexity index is 1520. The number of alkyl halides is 3. The molecule has 2 aliphatic rings. The molecule has 42 heavy (non-hydrogen) atoms. The fourth-order valence-corrected chi connectivity index (χ4v) is 5.90. The Hall–Kier alpha value is -3.37. The number of hydrogen-bond acceptors (Lipinski definition) is 5. The van der Waals surface area contributed by atoms with Gasteiger partial charge in [0.1, 0.15) is 6.61 Å². The molecule has 1 aliphatic carbocycles. The van der Waals surface area contributed by atoms with Gasteiger partial charge in [-0.3, -0.25) is 4.79 Å². The number of carbonyl (C=O) groups excluding carboxylic acids is 1. The summed E-state index contributed by atoms with van der Waals surface area (Å²) in [5, 5.41) is 10.4. The number of nitrogens with one attached hydrogen (secondary N) is 1. The monoisotopic (exact) mass is 623 g/mol. The second kappa shape index (κ2) is 12.5. The smallest absolute Gasteiger partial charge is 0.396 e. The van der Waals surface area contributed by atoms with Crippen molar-refractivity contribution >= 4 is 51.8 Å². The van der Waals surface area contributed by atoms with Crippen LogP contribution in [0, 0.1) is 11.7 Å². The molecule has 1 amide bonds. The van der Waals surface area contributed by atoms with Gasteiger partial charge in [-0.1, -0.05) is 83.1 Å². The first-order valence-corrected chi connectivity index (χ1v) is 14.3. The number of benzene rings is 3.